The average Bonchev–Trinajstić information content (AvgIpc) is 0.920. The van der Waals surface area contributed by atoms with Crippen molar-refractivity contribution in [2.75, 3.05) is 39.6 Å². The molecule has 3 N–H and O–H groups in total. The maximum atomic E-state index is 13.1. The predicted octanol–water partition coefficient (Wildman–Crippen LogP) is 26.1. The van der Waals surface area contributed by atoms with Crippen LogP contribution in [0.4, 0.5) is 0 Å². The maximum Gasteiger partial charge on any atom is 0.472 e. The molecule has 105 heavy (non-hydrogen) atoms. The Kier molecular flexibility index (Phi) is 74.7. The van der Waals surface area contributed by atoms with Gasteiger partial charge in [-0.1, -0.05) is 402 Å². The zero-order valence-electron chi connectivity index (χ0n) is 69.2. The molecule has 0 radical (unpaired) electrons. The Bertz CT molecular complexity index is 2030. The predicted molar refractivity (Wildman–Crippen MR) is 432 cm³/mol. The van der Waals surface area contributed by atoms with Gasteiger partial charge < -0.3 is 33.8 Å². The molecule has 0 rings (SSSR count). The molecule has 17 nitrogen and oxygen atoms in total. The van der Waals surface area contributed by atoms with Crippen LogP contribution in [0.15, 0.2) is 0 Å². The molecule has 0 heterocycles. The molecule has 5 atom stereocenters. The highest BCUT2D eigenvalue weighted by Crippen LogP contribution is 2.45. The first-order chi connectivity index (χ1) is 50.7. The van der Waals surface area contributed by atoms with E-state index in [9.17, 15) is 43.2 Å². The van der Waals surface area contributed by atoms with Gasteiger partial charge in [0.2, 0.25) is 0 Å². The van der Waals surface area contributed by atoms with Crippen LogP contribution in [-0.2, 0) is 65.4 Å². The maximum absolute atomic E-state index is 13.1. The van der Waals surface area contributed by atoms with Crippen LogP contribution in [0.5, 0.6) is 0 Å². The first kappa shape index (κ1) is 103. The molecule has 0 aliphatic rings. The average molecular weight is 1540 g/mol. The first-order valence-corrected chi connectivity index (χ1v) is 47.3. The summed E-state index contributed by atoms with van der Waals surface area (Å²) in [6.07, 6.45) is 66.7. The van der Waals surface area contributed by atoms with Crippen LogP contribution in [0.2, 0.25) is 0 Å². The van der Waals surface area contributed by atoms with Gasteiger partial charge in [0.25, 0.3) is 0 Å². The quantitative estimate of drug-likeness (QED) is 0.0222. The van der Waals surface area contributed by atoms with Crippen molar-refractivity contribution in [1.82, 2.24) is 0 Å². The minimum Gasteiger partial charge on any atom is -0.462 e. The van der Waals surface area contributed by atoms with Gasteiger partial charge >= 0.3 is 39.5 Å². The Hall–Kier alpha value is -1.94. The Morgan fingerprint density at radius 2 is 0.438 bits per heavy atom. The summed E-state index contributed by atoms with van der Waals surface area (Å²) < 4.78 is 68.9. The SMILES string of the molecule is CCCCCCCCCCCCCCCCCCCCCCCCC(=O)O[C@H](COC(=O)CCCCCCCCCCCCCCCCC(C)C)COP(=O)(O)OC[C@@H](O)COP(=O)(O)OC[C@@H](COC(=O)CCCCCCCCCCCC(C)C)OC(=O)CCCCCCCCCCCCCC(C)C. The Labute approximate surface area is 645 Å². The summed E-state index contributed by atoms with van der Waals surface area (Å²) in [6, 6.07) is 0. The van der Waals surface area contributed by atoms with Crippen molar-refractivity contribution < 1.29 is 80.2 Å². The highest BCUT2D eigenvalue weighted by atomic mass is 31.2. The van der Waals surface area contributed by atoms with E-state index < -0.39 is 97.5 Å². The van der Waals surface area contributed by atoms with Crippen molar-refractivity contribution in [1.29, 1.82) is 0 Å². The van der Waals surface area contributed by atoms with Gasteiger partial charge in [-0.05, 0) is 43.4 Å². The van der Waals surface area contributed by atoms with Gasteiger partial charge in [0.05, 0.1) is 26.4 Å². The minimum absolute atomic E-state index is 0.106. The molecule has 0 aliphatic heterocycles. The number of hydrogen-bond donors (Lipinski definition) is 3. The third kappa shape index (κ3) is 79.9. The smallest absolute Gasteiger partial charge is 0.462 e. The van der Waals surface area contributed by atoms with Crippen LogP contribution in [0.1, 0.15) is 453 Å². The lowest BCUT2D eigenvalue weighted by molar-refractivity contribution is -0.161. The summed E-state index contributed by atoms with van der Waals surface area (Å²) >= 11 is 0. The fraction of sp³-hybridized carbons (Fsp3) is 0.953. The molecule has 2 unspecified atom stereocenters. The van der Waals surface area contributed by atoms with Crippen LogP contribution in [-0.4, -0.2) is 96.7 Å². The first-order valence-electron chi connectivity index (χ1n) is 44.3. The summed E-state index contributed by atoms with van der Waals surface area (Å²) in [4.78, 5) is 73.2. The molecule has 0 aromatic carbocycles. The van der Waals surface area contributed by atoms with Crippen LogP contribution in [0.3, 0.4) is 0 Å². The third-order valence-corrected chi connectivity index (χ3v) is 22.0. The van der Waals surface area contributed by atoms with Gasteiger partial charge in [-0.3, -0.25) is 37.3 Å². The molecule has 0 saturated heterocycles. The molecular formula is C86H168O17P2. The highest BCUT2D eigenvalue weighted by molar-refractivity contribution is 7.47. The van der Waals surface area contributed by atoms with Gasteiger partial charge in [-0.25, -0.2) is 9.13 Å². The normalized spacial score (nSPS) is 13.9. The van der Waals surface area contributed by atoms with Gasteiger partial charge in [0.15, 0.2) is 12.2 Å². The zero-order chi connectivity index (χ0) is 77.2. The summed E-state index contributed by atoms with van der Waals surface area (Å²) in [5.41, 5.74) is 0. The van der Waals surface area contributed by atoms with E-state index >= 15 is 0 Å². The van der Waals surface area contributed by atoms with Crippen LogP contribution in [0, 0.1) is 17.8 Å². The van der Waals surface area contributed by atoms with Gasteiger partial charge in [-0.15, -0.1) is 0 Å². The summed E-state index contributed by atoms with van der Waals surface area (Å²) in [6.45, 7) is 12.0. The molecule has 0 aromatic heterocycles. The number of aliphatic hydroxyl groups excluding tert-OH is 1. The summed E-state index contributed by atoms with van der Waals surface area (Å²) in [7, 11) is -9.93. The lowest BCUT2D eigenvalue weighted by Gasteiger charge is -2.21. The van der Waals surface area contributed by atoms with Crippen molar-refractivity contribution >= 4 is 39.5 Å². The second-order valence-corrected chi connectivity index (χ2v) is 35.3. The zero-order valence-corrected chi connectivity index (χ0v) is 71.0. The van der Waals surface area contributed by atoms with E-state index in [-0.39, 0.29) is 25.7 Å². The topological polar surface area (TPSA) is 237 Å². The second-order valence-electron chi connectivity index (χ2n) is 32.4. The Morgan fingerprint density at radius 1 is 0.257 bits per heavy atom. The number of phosphoric ester groups is 2. The molecule has 0 amide bonds. The Balaban J connectivity index is 5.24. The van der Waals surface area contributed by atoms with E-state index in [1.165, 1.54) is 263 Å². The second kappa shape index (κ2) is 76.1. The molecule has 0 bridgehead atoms. The molecular weight excluding hydrogens is 1370 g/mol. The number of carbonyl (C=O) groups is 4. The number of unbranched alkanes of at least 4 members (excludes halogenated alkanes) is 52. The fourth-order valence-electron chi connectivity index (χ4n) is 13.4. The monoisotopic (exact) mass is 1540 g/mol. The van der Waals surface area contributed by atoms with E-state index in [0.29, 0.717) is 25.7 Å². The lowest BCUT2D eigenvalue weighted by atomic mass is 10.0. The number of carbonyl (C=O) groups excluding carboxylic acids is 4. The standard InChI is InChI=1S/C86H168O17P2/c1-8-9-10-11-12-13-14-15-16-17-18-19-20-21-22-23-28-33-40-48-55-62-69-85(90)102-81(73-96-83(88)67-60-53-46-39-32-27-25-24-26-30-36-43-50-57-64-77(2)3)75-100-104(92,93)98-71-80(87)72-99-105(94,95)101-76-82(74-97-84(89)68-61-54-47-42-35-38-45-52-59-66-79(6)7)103-86(91)70-63-56-49-41-34-29-31-37-44-51-58-65-78(4)5/h77-82,87H,8-76H2,1-7H3,(H,92,93)(H,94,95)/t80-,81-,82-/m1/s1. The number of hydrogen-bond acceptors (Lipinski definition) is 15. The molecule has 0 spiro atoms. The van der Waals surface area contributed by atoms with Crippen LogP contribution in [0.25, 0.3) is 0 Å². The van der Waals surface area contributed by atoms with E-state index in [2.05, 4.69) is 48.5 Å². The van der Waals surface area contributed by atoms with E-state index in [0.717, 1.165) is 108 Å². The number of rotatable bonds is 84. The number of ether oxygens (including phenoxy) is 4. The molecule has 0 fully saturated rings. The third-order valence-electron chi connectivity index (χ3n) is 20.1. The van der Waals surface area contributed by atoms with Gasteiger partial charge in [-0.2, -0.15) is 0 Å². The molecule has 0 aromatic rings. The minimum atomic E-state index is -4.97. The molecule has 624 valence electrons. The van der Waals surface area contributed by atoms with Gasteiger partial charge in [0.1, 0.15) is 19.3 Å². The fourth-order valence-corrected chi connectivity index (χ4v) is 14.9. The lowest BCUT2D eigenvalue weighted by Crippen LogP contribution is -2.30. The molecule has 0 aliphatic carbocycles. The highest BCUT2D eigenvalue weighted by Gasteiger charge is 2.30. The summed E-state index contributed by atoms with van der Waals surface area (Å²) in [5.74, 6) is 0.202. The number of phosphoric acid groups is 2. The van der Waals surface area contributed by atoms with E-state index in [1.807, 2.05) is 0 Å². The number of aliphatic hydroxyl groups is 1. The van der Waals surface area contributed by atoms with Gasteiger partial charge in [0, 0.05) is 25.7 Å². The van der Waals surface area contributed by atoms with Crippen molar-refractivity contribution in [2.24, 2.45) is 17.8 Å². The number of esters is 4. The molecule has 19 heteroatoms. The summed E-state index contributed by atoms with van der Waals surface area (Å²) in [5, 5.41) is 10.7. The van der Waals surface area contributed by atoms with Crippen molar-refractivity contribution in [2.45, 2.75) is 471 Å². The van der Waals surface area contributed by atoms with Crippen molar-refractivity contribution in [3.05, 3.63) is 0 Å². The molecule has 0 saturated carbocycles. The van der Waals surface area contributed by atoms with Crippen LogP contribution < -0.4 is 0 Å². The van der Waals surface area contributed by atoms with Crippen LogP contribution >= 0.6 is 15.6 Å². The Morgan fingerprint density at radius 3 is 0.648 bits per heavy atom. The van der Waals surface area contributed by atoms with E-state index in [1.54, 1.807) is 0 Å². The van der Waals surface area contributed by atoms with E-state index in [4.69, 9.17) is 37.0 Å². The van der Waals surface area contributed by atoms with Crippen molar-refractivity contribution in [3.8, 4) is 0 Å². The van der Waals surface area contributed by atoms with Crippen molar-refractivity contribution in [3.63, 3.8) is 0 Å². The largest absolute Gasteiger partial charge is 0.472 e.